The van der Waals surface area contributed by atoms with Crippen LogP contribution in [0.1, 0.15) is 23.4 Å². The highest BCUT2D eigenvalue weighted by Crippen LogP contribution is 2.30. The Morgan fingerprint density at radius 2 is 2.05 bits per heavy atom. The number of hydrogen-bond donors (Lipinski definition) is 0. The minimum atomic E-state index is 0.175. The molecule has 0 N–H and O–H groups in total. The number of fused-ring (bicyclic) bond motifs is 1. The fourth-order valence-corrected chi connectivity index (χ4v) is 3.13. The Labute approximate surface area is 126 Å². The van der Waals surface area contributed by atoms with Crippen LogP contribution in [0.4, 0.5) is 5.69 Å². The second kappa shape index (κ2) is 5.05. The predicted octanol–water partition coefficient (Wildman–Crippen LogP) is 2.97. The van der Waals surface area contributed by atoms with Gasteiger partial charge in [0, 0.05) is 19.2 Å². The van der Waals surface area contributed by atoms with Crippen LogP contribution in [0.25, 0.3) is 0 Å². The second-order valence-corrected chi connectivity index (χ2v) is 5.87. The van der Waals surface area contributed by atoms with Crippen molar-refractivity contribution >= 4 is 27.5 Å². The van der Waals surface area contributed by atoms with Crippen LogP contribution in [-0.4, -0.2) is 15.7 Å². The van der Waals surface area contributed by atoms with Gasteiger partial charge in [0.25, 0.3) is 0 Å². The summed E-state index contributed by atoms with van der Waals surface area (Å²) in [4.78, 5) is 14.1. The molecule has 1 amide bonds. The molecule has 2 aromatic rings. The summed E-state index contributed by atoms with van der Waals surface area (Å²) in [6.45, 7) is 2.51. The first kappa shape index (κ1) is 13.4. The van der Waals surface area contributed by atoms with E-state index in [0.717, 1.165) is 28.0 Å². The summed E-state index contributed by atoms with van der Waals surface area (Å²) in [6.07, 6.45) is 1.41. The Balaban J connectivity index is 2.00. The van der Waals surface area contributed by atoms with Crippen LogP contribution in [0.15, 0.2) is 28.7 Å². The molecule has 4 nitrogen and oxygen atoms in total. The van der Waals surface area contributed by atoms with Gasteiger partial charge in [-0.2, -0.15) is 5.10 Å². The van der Waals surface area contributed by atoms with Gasteiger partial charge in [0.05, 0.1) is 22.4 Å². The normalized spacial score (nSPS) is 14.6. The standard InChI is InChI=1S/C15H16BrN3O/c1-10-15(16)13(18(2)17-10)9-19-12-6-4-3-5-11(12)7-8-14(19)20/h3-6H,7-9H2,1-2H3. The number of anilines is 1. The third kappa shape index (κ3) is 2.16. The van der Waals surface area contributed by atoms with Gasteiger partial charge < -0.3 is 4.90 Å². The van der Waals surface area contributed by atoms with E-state index in [9.17, 15) is 4.79 Å². The Morgan fingerprint density at radius 3 is 2.75 bits per heavy atom. The largest absolute Gasteiger partial charge is 0.306 e. The van der Waals surface area contributed by atoms with Crippen LogP contribution in [0, 0.1) is 6.92 Å². The first-order chi connectivity index (χ1) is 9.58. The number of benzene rings is 1. The van der Waals surface area contributed by atoms with Gasteiger partial charge >= 0.3 is 0 Å². The maximum absolute atomic E-state index is 12.3. The minimum absolute atomic E-state index is 0.175. The van der Waals surface area contributed by atoms with E-state index in [1.807, 2.05) is 41.8 Å². The number of aromatic nitrogens is 2. The van der Waals surface area contributed by atoms with Gasteiger partial charge in [-0.3, -0.25) is 9.48 Å². The van der Waals surface area contributed by atoms with Gasteiger partial charge in [-0.25, -0.2) is 0 Å². The molecule has 0 spiro atoms. The fourth-order valence-electron chi connectivity index (χ4n) is 2.67. The average molecular weight is 334 g/mol. The van der Waals surface area contributed by atoms with Crippen molar-refractivity contribution in [1.29, 1.82) is 0 Å². The number of para-hydroxylation sites is 1. The number of rotatable bonds is 2. The number of halogens is 1. The van der Waals surface area contributed by atoms with E-state index in [0.29, 0.717) is 13.0 Å². The van der Waals surface area contributed by atoms with Crippen LogP contribution < -0.4 is 4.90 Å². The second-order valence-electron chi connectivity index (χ2n) is 5.08. The maximum Gasteiger partial charge on any atom is 0.227 e. The van der Waals surface area contributed by atoms with E-state index in [4.69, 9.17) is 0 Å². The average Bonchev–Trinajstić information content (AvgIpc) is 2.68. The van der Waals surface area contributed by atoms with Crippen molar-refractivity contribution in [3.8, 4) is 0 Å². The van der Waals surface area contributed by atoms with Gasteiger partial charge in [-0.05, 0) is 40.9 Å². The fraction of sp³-hybridized carbons (Fsp3) is 0.333. The highest BCUT2D eigenvalue weighted by atomic mass is 79.9. The van der Waals surface area contributed by atoms with Gasteiger partial charge in [0.2, 0.25) is 5.91 Å². The van der Waals surface area contributed by atoms with E-state index in [1.54, 1.807) is 0 Å². The summed E-state index contributed by atoms with van der Waals surface area (Å²) in [7, 11) is 1.91. The van der Waals surface area contributed by atoms with Crippen molar-refractivity contribution in [1.82, 2.24) is 9.78 Å². The molecule has 1 aromatic carbocycles. The van der Waals surface area contributed by atoms with E-state index >= 15 is 0 Å². The molecule has 0 aliphatic carbocycles. The number of hydrogen-bond acceptors (Lipinski definition) is 2. The highest BCUT2D eigenvalue weighted by molar-refractivity contribution is 9.10. The molecular formula is C15H16BrN3O. The first-order valence-corrected chi connectivity index (χ1v) is 7.43. The van der Waals surface area contributed by atoms with Crippen LogP contribution >= 0.6 is 15.9 Å². The van der Waals surface area contributed by atoms with E-state index in [2.05, 4.69) is 27.1 Å². The molecule has 1 aromatic heterocycles. The number of carbonyl (C=O) groups is 1. The number of amides is 1. The maximum atomic E-state index is 12.3. The third-order valence-corrected chi connectivity index (χ3v) is 4.79. The van der Waals surface area contributed by atoms with Crippen LogP contribution in [0.2, 0.25) is 0 Å². The van der Waals surface area contributed by atoms with E-state index < -0.39 is 0 Å². The smallest absolute Gasteiger partial charge is 0.227 e. The molecule has 3 rings (SSSR count). The Bertz CT molecular complexity index is 678. The monoisotopic (exact) mass is 333 g/mol. The van der Waals surface area contributed by atoms with Crippen molar-refractivity contribution in [3.63, 3.8) is 0 Å². The third-order valence-electron chi connectivity index (χ3n) is 3.76. The Morgan fingerprint density at radius 1 is 1.30 bits per heavy atom. The van der Waals surface area contributed by atoms with Crippen LogP contribution in [-0.2, 0) is 24.8 Å². The molecule has 0 saturated carbocycles. The van der Waals surface area contributed by atoms with Crippen LogP contribution in [0.5, 0.6) is 0 Å². The molecule has 5 heteroatoms. The summed E-state index contributed by atoms with van der Waals surface area (Å²) in [5.74, 6) is 0.175. The number of carbonyl (C=O) groups excluding carboxylic acids is 1. The zero-order valence-corrected chi connectivity index (χ0v) is 13.1. The molecule has 0 radical (unpaired) electrons. The molecule has 0 unspecified atom stereocenters. The highest BCUT2D eigenvalue weighted by Gasteiger charge is 2.25. The van der Waals surface area contributed by atoms with Crippen molar-refractivity contribution in [3.05, 3.63) is 45.7 Å². The van der Waals surface area contributed by atoms with Crippen molar-refractivity contribution in [2.75, 3.05) is 4.90 Å². The molecule has 20 heavy (non-hydrogen) atoms. The summed E-state index contributed by atoms with van der Waals surface area (Å²) >= 11 is 3.57. The van der Waals surface area contributed by atoms with Gasteiger partial charge in [0.1, 0.15) is 0 Å². The Kier molecular flexibility index (Phi) is 3.38. The SMILES string of the molecule is Cc1nn(C)c(CN2C(=O)CCc3ccccc32)c1Br. The molecule has 2 heterocycles. The zero-order valence-electron chi connectivity index (χ0n) is 11.6. The summed E-state index contributed by atoms with van der Waals surface area (Å²) in [5, 5.41) is 4.39. The van der Waals surface area contributed by atoms with E-state index in [-0.39, 0.29) is 5.91 Å². The quantitative estimate of drug-likeness (QED) is 0.847. The van der Waals surface area contributed by atoms with Gasteiger partial charge in [0.15, 0.2) is 0 Å². The van der Waals surface area contributed by atoms with Crippen molar-refractivity contribution in [2.45, 2.75) is 26.3 Å². The number of nitrogens with zero attached hydrogens (tertiary/aromatic N) is 3. The number of aryl methyl sites for hydroxylation is 3. The molecule has 1 aliphatic rings. The lowest BCUT2D eigenvalue weighted by atomic mass is 10.0. The van der Waals surface area contributed by atoms with Crippen molar-refractivity contribution in [2.24, 2.45) is 7.05 Å². The first-order valence-electron chi connectivity index (χ1n) is 6.64. The topological polar surface area (TPSA) is 38.1 Å². The van der Waals surface area contributed by atoms with Gasteiger partial charge in [-0.1, -0.05) is 18.2 Å². The molecule has 1 aliphatic heterocycles. The molecule has 0 bridgehead atoms. The predicted molar refractivity (Wildman–Crippen MR) is 81.6 cm³/mol. The zero-order chi connectivity index (χ0) is 14.3. The summed E-state index contributed by atoms with van der Waals surface area (Å²) in [5.41, 5.74) is 4.23. The Hall–Kier alpha value is -1.62. The lowest BCUT2D eigenvalue weighted by Gasteiger charge is -2.29. The summed E-state index contributed by atoms with van der Waals surface area (Å²) < 4.78 is 2.82. The minimum Gasteiger partial charge on any atom is -0.306 e. The lowest BCUT2D eigenvalue weighted by Crippen LogP contribution is -2.35. The van der Waals surface area contributed by atoms with E-state index in [1.165, 1.54) is 5.56 Å². The summed E-state index contributed by atoms with van der Waals surface area (Å²) in [6, 6.07) is 8.12. The lowest BCUT2D eigenvalue weighted by molar-refractivity contribution is -0.119. The molecule has 0 fully saturated rings. The van der Waals surface area contributed by atoms with Gasteiger partial charge in [-0.15, -0.1) is 0 Å². The molecule has 0 saturated heterocycles. The van der Waals surface area contributed by atoms with Crippen LogP contribution in [0.3, 0.4) is 0 Å². The van der Waals surface area contributed by atoms with Crippen molar-refractivity contribution < 1.29 is 4.79 Å². The molecule has 104 valence electrons. The molecular weight excluding hydrogens is 318 g/mol. The molecule has 0 atom stereocenters.